The number of rotatable bonds is 8. The third kappa shape index (κ3) is 8.05. The first-order valence-corrected chi connectivity index (χ1v) is 8.81. The van der Waals surface area contributed by atoms with Gasteiger partial charge in [-0.1, -0.05) is 44.2 Å². The number of hydrazine groups is 1. The third-order valence-corrected chi connectivity index (χ3v) is 3.80. The molecular formula is C18H26N4O7. The van der Waals surface area contributed by atoms with E-state index in [0.717, 1.165) is 10.6 Å². The fourth-order valence-electron chi connectivity index (χ4n) is 2.15. The van der Waals surface area contributed by atoms with E-state index in [1.165, 1.54) is 7.05 Å². The van der Waals surface area contributed by atoms with Gasteiger partial charge in [0.2, 0.25) is 5.91 Å². The highest BCUT2D eigenvalue weighted by atomic mass is 16.6. The number of amides is 4. The Labute approximate surface area is 168 Å². The van der Waals surface area contributed by atoms with E-state index < -0.39 is 48.6 Å². The molecule has 0 aliphatic carbocycles. The molecule has 0 radical (unpaired) electrons. The number of hydrogen-bond donors (Lipinski definition) is 5. The van der Waals surface area contributed by atoms with E-state index in [9.17, 15) is 19.2 Å². The number of aliphatic hydroxyl groups is 1. The Bertz CT molecular complexity index is 711. The monoisotopic (exact) mass is 410 g/mol. The second-order valence-electron chi connectivity index (χ2n) is 6.49. The minimum Gasteiger partial charge on any atom is -0.480 e. The Morgan fingerprint density at radius 3 is 2.24 bits per heavy atom. The van der Waals surface area contributed by atoms with Crippen molar-refractivity contribution in [3.05, 3.63) is 35.9 Å². The van der Waals surface area contributed by atoms with Gasteiger partial charge in [0, 0.05) is 7.05 Å². The zero-order valence-electron chi connectivity index (χ0n) is 16.4. The number of benzene rings is 1. The minimum atomic E-state index is -1.50. The summed E-state index contributed by atoms with van der Waals surface area (Å²) in [5.74, 6) is -2.59. The molecule has 1 aromatic carbocycles. The van der Waals surface area contributed by atoms with Gasteiger partial charge in [0.25, 0.3) is 0 Å². The molecule has 11 nitrogen and oxygen atoms in total. The van der Waals surface area contributed by atoms with Crippen molar-refractivity contribution in [2.75, 3.05) is 13.7 Å². The van der Waals surface area contributed by atoms with E-state index >= 15 is 0 Å². The average Bonchev–Trinajstić information content (AvgIpc) is 2.68. The van der Waals surface area contributed by atoms with Crippen LogP contribution in [0.4, 0.5) is 9.59 Å². The van der Waals surface area contributed by atoms with Gasteiger partial charge in [0.15, 0.2) is 0 Å². The first-order valence-electron chi connectivity index (χ1n) is 8.81. The largest absolute Gasteiger partial charge is 0.480 e. The Balaban J connectivity index is 2.59. The first-order chi connectivity index (χ1) is 13.6. The van der Waals surface area contributed by atoms with Gasteiger partial charge in [-0.25, -0.2) is 24.8 Å². The summed E-state index contributed by atoms with van der Waals surface area (Å²) in [6, 6.07) is 5.54. The summed E-state index contributed by atoms with van der Waals surface area (Å²) >= 11 is 0. The van der Waals surface area contributed by atoms with E-state index in [1.54, 1.807) is 38.1 Å². The van der Waals surface area contributed by atoms with Gasteiger partial charge in [0.1, 0.15) is 18.7 Å². The van der Waals surface area contributed by atoms with Gasteiger partial charge in [0.05, 0.1) is 6.61 Å². The number of ether oxygens (including phenoxy) is 1. The maximum atomic E-state index is 12.3. The molecule has 4 amide bonds. The zero-order chi connectivity index (χ0) is 22.0. The van der Waals surface area contributed by atoms with Gasteiger partial charge in [-0.2, -0.15) is 0 Å². The molecule has 11 heteroatoms. The molecule has 0 saturated carbocycles. The molecule has 0 heterocycles. The van der Waals surface area contributed by atoms with E-state index in [1.807, 2.05) is 6.07 Å². The fourth-order valence-corrected chi connectivity index (χ4v) is 2.15. The molecule has 160 valence electrons. The van der Waals surface area contributed by atoms with Crippen molar-refractivity contribution in [2.24, 2.45) is 5.92 Å². The Morgan fingerprint density at radius 2 is 1.72 bits per heavy atom. The van der Waals surface area contributed by atoms with Crippen molar-refractivity contribution in [3.8, 4) is 0 Å². The van der Waals surface area contributed by atoms with Crippen LogP contribution in [-0.4, -0.2) is 65.0 Å². The maximum absolute atomic E-state index is 12.3. The molecule has 0 unspecified atom stereocenters. The lowest BCUT2D eigenvalue weighted by atomic mass is 10.0. The Morgan fingerprint density at radius 1 is 1.10 bits per heavy atom. The van der Waals surface area contributed by atoms with Crippen LogP contribution in [0.15, 0.2) is 30.3 Å². The van der Waals surface area contributed by atoms with Crippen LogP contribution in [0.2, 0.25) is 0 Å². The zero-order valence-corrected chi connectivity index (χ0v) is 16.4. The number of nitrogens with one attached hydrogen (secondary N) is 3. The Kier molecular flexibility index (Phi) is 9.39. The number of hydrogen-bond acceptors (Lipinski definition) is 6. The lowest BCUT2D eigenvalue weighted by molar-refractivity contribution is -0.143. The SMILES string of the molecule is CC(C)[C@H](NC(=O)N(C)NC(=O)OCc1ccccc1)C(=O)N[C@@H](CO)C(=O)O. The molecule has 0 fully saturated rings. The normalized spacial score (nSPS) is 12.4. The molecule has 1 aromatic rings. The number of aliphatic hydroxyl groups excluding tert-OH is 1. The Hall–Kier alpha value is -3.34. The summed E-state index contributed by atoms with van der Waals surface area (Å²) in [6.07, 6.45) is -0.872. The van der Waals surface area contributed by atoms with Crippen LogP contribution in [0.25, 0.3) is 0 Å². The predicted molar refractivity (Wildman–Crippen MR) is 101 cm³/mol. The van der Waals surface area contributed by atoms with E-state index in [0.29, 0.717) is 0 Å². The van der Waals surface area contributed by atoms with Gasteiger partial charge in [-0.05, 0) is 11.5 Å². The molecule has 0 saturated heterocycles. The predicted octanol–water partition coefficient (Wildman–Crippen LogP) is 0.0555. The number of nitrogens with zero attached hydrogens (tertiary/aromatic N) is 1. The highest BCUT2D eigenvalue weighted by molar-refractivity contribution is 5.90. The molecule has 0 aliphatic rings. The fraction of sp³-hybridized carbons (Fsp3) is 0.444. The topological polar surface area (TPSA) is 157 Å². The lowest BCUT2D eigenvalue weighted by Gasteiger charge is -2.26. The lowest BCUT2D eigenvalue weighted by Crippen LogP contribution is -2.58. The smallest absolute Gasteiger partial charge is 0.426 e. The molecule has 0 spiro atoms. The van der Waals surface area contributed by atoms with E-state index in [4.69, 9.17) is 14.9 Å². The summed E-state index contributed by atoms with van der Waals surface area (Å²) in [5.41, 5.74) is 2.96. The molecule has 5 N–H and O–H groups in total. The van der Waals surface area contributed by atoms with Gasteiger partial charge >= 0.3 is 18.1 Å². The summed E-state index contributed by atoms with van der Waals surface area (Å²) in [7, 11) is 1.25. The van der Waals surface area contributed by atoms with E-state index in [-0.39, 0.29) is 6.61 Å². The quantitative estimate of drug-likeness (QED) is 0.379. The molecule has 2 atom stereocenters. The van der Waals surface area contributed by atoms with Gasteiger partial charge < -0.3 is 25.6 Å². The highest BCUT2D eigenvalue weighted by Gasteiger charge is 2.29. The number of aliphatic carboxylic acids is 1. The average molecular weight is 410 g/mol. The standard InChI is InChI=1S/C18H26N4O7/c1-11(2)14(15(24)19-13(9-23)16(25)26)20-17(27)22(3)21-18(28)29-10-12-7-5-4-6-8-12/h4-8,11,13-14,23H,9-10H2,1-3H3,(H,19,24)(H,20,27)(H,21,28)(H,25,26)/t13-,14-/m0/s1. The molecule has 1 rings (SSSR count). The van der Waals surface area contributed by atoms with Crippen molar-refractivity contribution in [2.45, 2.75) is 32.5 Å². The molecular weight excluding hydrogens is 384 g/mol. The van der Waals surface area contributed by atoms with Crippen molar-refractivity contribution < 1.29 is 34.1 Å². The number of carboxylic acid groups (broad SMARTS) is 1. The van der Waals surface area contributed by atoms with Crippen molar-refractivity contribution in [3.63, 3.8) is 0 Å². The van der Waals surface area contributed by atoms with Crippen molar-refractivity contribution >= 4 is 24.0 Å². The second-order valence-corrected chi connectivity index (χ2v) is 6.49. The summed E-state index contributed by atoms with van der Waals surface area (Å²) in [4.78, 5) is 47.3. The maximum Gasteiger partial charge on any atom is 0.426 e. The van der Waals surface area contributed by atoms with Crippen LogP contribution < -0.4 is 16.1 Å². The molecule has 29 heavy (non-hydrogen) atoms. The summed E-state index contributed by atoms with van der Waals surface area (Å²) < 4.78 is 5.00. The number of carbonyl (C=O) groups is 4. The van der Waals surface area contributed by atoms with Gasteiger partial charge in [-0.3, -0.25) is 4.79 Å². The van der Waals surface area contributed by atoms with Crippen LogP contribution in [0.1, 0.15) is 19.4 Å². The van der Waals surface area contributed by atoms with Crippen LogP contribution in [0.5, 0.6) is 0 Å². The van der Waals surface area contributed by atoms with Crippen LogP contribution in [-0.2, 0) is 20.9 Å². The minimum absolute atomic E-state index is 0.0108. The van der Waals surface area contributed by atoms with E-state index in [2.05, 4.69) is 16.1 Å². The number of carbonyl (C=O) groups excluding carboxylic acids is 3. The van der Waals surface area contributed by atoms with Gasteiger partial charge in [-0.15, -0.1) is 0 Å². The highest BCUT2D eigenvalue weighted by Crippen LogP contribution is 2.04. The first kappa shape index (κ1) is 23.7. The third-order valence-electron chi connectivity index (χ3n) is 3.80. The summed E-state index contributed by atoms with van der Waals surface area (Å²) in [5, 5.41) is 23.3. The summed E-state index contributed by atoms with van der Waals surface area (Å²) in [6.45, 7) is 2.49. The van der Waals surface area contributed by atoms with Crippen molar-refractivity contribution in [1.29, 1.82) is 0 Å². The van der Waals surface area contributed by atoms with Crippen molar-refractivity contribution in [1.82, 2.24) is 21.1 Å². The van der Waals surface area contributed by atoms with Crippen LogP contribution >= 0.6 is 0 Å². The number of carboxylic acids is 1. The van der Waals surface area contributed by atoms with Crippen LogP contribution in [0.3, 0.4) is 0 Å². The van der Waals surface area contributed by atoms with Crippen LogP contribution in [0, 0.1) is 5.92 Å². The molecule has 0 aliphatic heterocycles. The number of urea groups is 1. The molecule has 0 aromatic heterocycles. The second kappa shape index (κ2) is 11.5. The molecule has 0 bridgehead atoms.